The first-order valence-corrected chi connectivity index (χ1v) is 2.79. The standard InChI is InChI=1S/C5H11NO2.CHO2.Y/c1-5(2,3)8-4(6)7;2-1-3;/h1-3H3,(H2,6,7);(H,2,3);/q;-1;/p-1. The Kier molecular flexibility index (Phi) is 13.3. The van der Waals surface area contributed by atoms with Crippen LogP contribution in [0.2, 0.25) is 0 Å². The molecule has 0 rings (SSSR count). The average Bonchev–Trinajstić information content (AvgIpc) is 1.57. The third-order valence-electron chi connectivity index (χ3n) is 0.399. The molecule has 5 nitrogen and oxygen atoms in total. The van der Waals surface area contributed by atoms with Crippen LogP contribution in [0.5, 0.6) is 0 Å². The Balaban J connectivity index is -0.000000177. The predicted molar refractivity (Wildman–Crippen MR) is 38.9 cm³/mol. The Morgan fingerprint density at radius 1 is 1.50 bits per heavy atom. The molecule has 0 aromatic heterocycles. The van der Waals surface area contributed by atoms with Gasteiger partial charge in [0.25, 0.3) is 0 Å². The van der Waals surface area contributed by atoms with Crippen molar-refractivity contribution in [1.82, 2.24) is 0 Å². The summed E-state index contributed by atoms with van der Waals surface area (Å²) in [4.78, 5) is 18.1. The maximum Gasteiger partial charge on any atom is 0.227 e. The van der Waals surface area contributed by atoms with E-state index in [0.717, 1.165) is 0 Å². The average molecular weight is 250 g/mol. The molecule has 1 amide bonds. The van der Waals surface area contributed by atoms with Crippen molar-refractivity contribution in [3.63, 3.8) is 0 Å². The molecule has 0 fully saturated rings. The van der Waals surface area contributed by atoms with E-state index in [-0.39, 0.29) is 32.7 Å². The number of amides is 1. The predicted octanol–water partition coefficient (Wildman–Crippen LogP) is 1.58. The van der Waals surface area contributed by atoms with E-state index in [9.17, 15) is 4.79 Å². The molecule has 0 aromatic rings. The van der Waals surface area contributed by atoms with Crippen LogP contribution in [0.15, 0.2) is 0 Å². The Bertz CT molecular complexity index is 132. The zero-order valence-corrected chi connectivity index (χ0v) is 10.1. The van der Waals surface area contributed by atoms with Gasteiger partial charge in [0, 0.05) is 32.7 Å². The van der Waals surface area contributed by atoms with Crippen LogP contribution < -0.4 is 0 Å². The first-order valence-electron chi connectivity index (χ1n) is 2.79. The minimum absolute atomic E-state index is 0. The molecule has 0 atom stereocenters. The van der Waals surface area contributed by atoms with E-state index in [4.69, 9.17) is 15.6 Å². The van der Waals surface area contributed by atoms with Gasteiger partial charge in [-0.1, -0.05) is 6.47 Å². The fraction of sp³-hybridized carbons (Fsp3) is 0.667. The number of hydrogen-bond acceptors (Lipinski definition) is 3. The van der Waals surface area contributed by atoms with Gasteiger partial charge in [-0.2, -0.15) is 0 Å². The number of carbonyl (C=O) groups is 1. The second-order valence-corrected chi connectivity index (χ2v) is 2.59. The van der Waals surface area contributed by atoms with Crippen molar-refractivity contribution in [1.29, 1.82) is 0 Å². The third-order valence-corrected chi connectivity index (χ3v) is 0.399. The molecule has 0 bridgehead atoms. The van der Waals surface area contributed by atoms with E-state index >= 15 is 0 Å². The fourth-order valence-electron chi connectivity index (χ4n) is 0.278. The summed E-state index contributed by atoms with van der Waals surface area (Å²) in [7, 11) is 0. The zero-order valence-electron chi connectivity index (χ0n) is 7.25. The molecular weight excluding hydrogens is 239 g/mol. The summed E-state index contributed by atoms with van der Waals surface area (Å²) in [5.74, 6) is 0. The maximum absolute atomic E-state index is 9.90. The molecule has 0 saturated heterocycles. The summed E-state index contributed by atoms with van der Waals surface area (Å²) in [6, 6.07) is 0. The number of nitrogens with one attached hydrogen (secondary N) is 1. The number of hydrogen-bond donors (Lipinski definition) is 1. The summed E-state index contributed by atoms with van der Waals surface area (Å²) in [5.41, 5.74) is 5.86. The fourth-order valence-corrected chi connectivity index (χ4v) is 0.278. The van der Waals surface area contributed by atoms with Crippen molar-refractivity contribution in [2.75, 3.05) is 0 Å². The van der Waals surface area contributed by atoms with E-state index in [2.05, 4.69) is 4.74 Å². The van der Waals surface area contributed by atoms with Crippen LogP contribution >= 0.6 is 0 Å². The van der Waals surface area contributed by atoms with Crippen LogP contribution in [-0.4, -0.2) is 23.3 Å². The minimum Gasteiger partial charge on any atom is -0.665 e. The second kappa shape index (κ2) is 8.94. The summed E-state index contributed by atoms with van der Waals surface area (Å²) in [6.07, 6.45) is -0.975. The van der Waals surface area contributed by atoms with Crippen LogP contribution in [0.3, 0.4) is 0 Å². The molecule has 12 heavy (non-hydrogen) atoms. The molecule has 0 aliphatic carbocycles. The van der Waals surface area contributed by atoms with Gasteiger partial charge in [0.1, 0.15) is 5.60 Å². The van der Waals surface area contributed by atoms with E-state index in [0.29, 0.717) is 6.47 Å². The van der Waals surface area contributed by atoms with Crippen LogP contribution in [0, 0.1) is 0 Å². The number of rotatable bonds is 0. The van der Waals surface area contributed by atoms with Gasteiger partial charge in [-0.05, 0) is 20.8 Å². The molecule has 69 valence electrons. The van der Waals surface area contributed by atoms with Crippen molar-refractivity contribution in [2.24, 2.45) is 0 Å². The number of carbonyl (C=O) groups excluding carboxylic acids is 1. The smallest absolute Gasteiger partial charge is 0.227 e. The number of aliphatic hydroxyl groups excluding tert-OH is 1. The largest absolute Gasteiger partial charge is 0.665 e. The third kappa shape index (κ3) is 32.8. The molecular formula is C6H11NO4Y-2. The van der Waals surface area contributed by atoms with Crippen molar-refractivity contribution >= 4 is 12.6 Å². The van der Waals surface area contributed by atoms with Gasteiger partial charge < -0.3 is 20.4 Å². The van der Waals surface area contributed by atoms with E-state index in [1.807, 2.05) is 0 Å². The molecule has 0 aliphatic rings. The topological polar surface area (TPSA) is 87.4 Å². The molecule has 0 aromatic carbocycles. The van der Waals surface area contributed by atoms with Gasteiger partial charge >= 0.3 is 0 Å². The van der Waals surface area contributed by atoms with Gasteiger partial charge in [-0.25, -0.2) is 0 Å². The van der Waals surface area contributed by atoms with E-state index < -0.39 is 11.7 Å². The van der Waals surface area contributed by atoms with Crippen LogP contribution in [0.25, 0.3) is 5.73 Å². The quantitative estimate of drug-likeness (QED) is 0.661. The Morgan fingerprint density at radius 2 is 1.75 bits per heavy atom. The first-order chi connectivity index (χ1) is 4.83. The molecule has 0 saturated carbocycles. The number of ether oxygens (including phenoxy) is 1. The Morgan fingerprint density at radius 3 is 1.75 bits per heavy atom. The minimum atomic E-state index is -0.975. The molecule has 1 radical (unpaired) electrons. The van der Waals surface area contributed by atoms with E-state index in [1.54, 1.807) is 20.8 Å². The molecule has 0 unspecified atom stereocenters. The van der Waals surface area contributed by atoms with Crippen molar-refractivity contribution in [3.05, 3.63) is 5.73 Å². The van der Waals surface area contributed by atoms with Gasteiger partial charge in [0.05, 0.1) is 0 Å². The molecule has 0 spiro atoms. The van der Waals surface area contributed by atoms with Crippen molar-refractivity contribution in [2.45, 2.75) is 26.4 Å². The molecule has 0 aliphatic heterocycles. The van der Waals surface area contributed by atoms with Gasteiger partial charge in [-0.15, -0.1) is 0 Å². The summed E-state index contributed by atoms with van der Waals surface area (Å²) < 4.78 is 4.47. The molecule has 0 heterocycles. The first kappa shape index (κ1) is 17.8. The van der Waals surface area contributed by atoms with Crippen LogP contribution in [-0.2, 0) is 42.2 Å². The SMILES string of the molecule is CC(C)(C)OC([NH-])=O.O=[C-]O.[Y]. The van der Waals surface area contributed by atoms with Crippen LogP contribution in [0.4, 0.5) is 4.79 Å². The zero-order chi connectivity index (χ0) is 9.49. The van der Waals surface area contributed by atoms with Gasteiger partial charge in [0.2, 0.25) is 6.09 Å². The summed E-state index contributed by atoms with van der Waals surface area (Å²) in [5, 5.41) is 6.76. The van der Waals surface area contributed by atoms with Crippen molar-refractivity contribution in [3.8, 4) is 0 Å². The maximum atomic E-state index is 9.90. The van der Waals surface area contributed by atoms with Crippen LogP contribution in [0.1, 0.15) is 20.8 Å². The normalized spacial score (nSPS) is 8.25. The summed E-state index contributed by atoms with van der Waals surface area (Å²) in [6.45, 7) is 5.66. The second-order valence-electron chi connectivity index (χ2n) is 2.59. The van der Waals surface area contributed by atoms with Gasteiger partial charge in [0.15, 0.2) is 0 Å². The van der Waals surface area contributed by atoms with E-state index in [1.165, 1.54) is 0 Å². The molecule has 6 heteroatoms. The molecule has 2 N–H and O–H groups in total. The Labute approximate surface area is 96.5 Å². The van der Waals surface area contributed by atoms with Crippen molar-refractivity contribution < 1.29 is 52.1 Å². The summed E-state index contributed by atoms with van der Waals surface area (Å²) >= 11 is 0. The monoisotopic (exact) mass is 250 g/mol. The van der Waals surface area contributed by atoms with Gasteiger partial charge in [-0.3, -0.25) is 4.79 Å². The Hall–Kier alpha value is -0.156.